The molecule has 1 fully saturated rings. The lowest BCUT2D eigenvalue weighted by molar-refractivity contribution is -0.133. The number of nitrogens with two attached hydrogens (primary N) is 1. The van der Waals surface area contributed by atoms with Crippen LogP contribution >= 0.6 is 11.6 Å². The summed E-state index contributed by atoms with van der Waals surface area (Å²) in [4.78, 5) is 12.5. The molecule has 1 atom stereocenters. The van der Waals surface area contributed by atoms with E-state index in [0.717, 1.165) is 5.56 Å². The molecule has 1 aromatic rings. The van der Waals surface area contributed by atoms with E-state index in [4.69, 9.17) is 22.5 Å². The number of benzene rings is 1. The van der Waals surface area contributed by atoms with Crippen molar-refractivity contribution in [1.29, 1.82) is 0 Å². The van der Waals surface area contributed by atoms with Crippen molar-refractivity contribution in [2.24, 2.45) is 22.2 Å². The van der Waals surface area contributed by atoms with Crippen molar-refractivity contribution in [3.05, 3.63) is 34.9 Å². The van der Waals surface area contributed by atoms with Gasteiger partial charge in [0, 0.05) is 5.02 Å². The molecule has 0 saturated heterocycles. The Bertz CT molecular complexity index is 551. The first-order chi connectivity index (χ1) is 9.89. The number of rotatable bonds is 4. The SMILES string of the molecule is CC1CC(C(=O)NC(C)c2ccc(Cl)cc2)(/C(N)=N/O)C1. The molecule has 0 spiro atoms. The van der Waals surface area contributed by atoms with E-state index < -0.39 is 5.41 Å². The minimum absolute atomic E-state index is 0.0126. The van der Waals surface area contributed by atoms with Crippen LogP contribution in [-0.4, -0.2) is 17.0 Å². The highest BCUT2D eigenvalue weighted by Crippen LogP contribution is 2.46. The second-order valence-corrected chi connectivity index (χ2v) is 6.26. The van der Waals surface area contributed by atoms with Crippen LogP contribution in [0, 0.1) is 11.3 Å². The van der Waals surface area contributed by atoms with E-state index in [0.29, 0.717) is 23.8 Å². The van der Waals surface area contributed by atoms with Crippen molar-refractivity contribution in [1.82, 2.24) is 5.32 Å². The van der Waals surface area contributed by atoms with E-state index in [1.54, 1.807) is 12.1 Å². The maximum atomic E-state index is 12.5. The van der Waals surface area contributed by atoms with Crippen molar-refractivity contribution in [2.45, 2.75) is 32.7 Å². The molecule has 0 radical (unpaired) electrons. The largest absolute Gasteiger partial charge is 0.409 e. The van der Waals surface area contributed by atoms with Crippen LogP contribution in [0.4, 0.5) is 0 Å². The van der Waals surface area contributed by atoms with Gasteiger partial charge >= 0.3 is 0 Å². The molecular weight excluding hydrogens is 290 g/mol. The molecule has 114 valence electrons. The number of amidine groups is 1. The minimum Gasteiger partial charge on any atom is -0.409 e. The molecule has 5 nitrogen and oxygen atoms in total. The number of nitrogens with one attached hydrogen (secondary N) is 1. The molecule has 0 aromatic heterocycles. The summed E-state index contributed by atoms with van der Waals surface area (Å²) in [6, 6.07) is 7.13. The van der Waals surface area contributed by atoms with Crippen LogP contribution < -0.4 is 11.1 Å². The Kier molecular flexibility index (Phi) is 4.42. The predicted molar refractivity (Wildman–Crippen MR) is 82.2 cm³/mol. The molecule has 1 unspecified atom stereocenters. The van der Waals surface area contributed by atoms with Gasteiger partial charge < -0.3 is 16.3 Å². The van der Waals surface area contributed by atoms with Gasteiger partial charge in [0.2, 0.25) is 5.91 Å². The van der Waals surface area contributed by atoms with Gasteiger partial charge in [0.05, 0.1) is 6.04 Å². The van der Waals surface area contributed by atoms with E-state index in [1.807, 2.05) is 26.0 Å². The number of carbonyl (C=O) groups excluding carboxylic acids is 1. The van der Waals surface area contributed by atoms with Crippen molar-refractivity contribution < 1.29 is 10.0 Å². The maximum Gasteiger partial charge on any atom is 0.234 e. The Hall–Kier alpha value is -1.75. The third-order valence-electron chi connectivity index (χ3n) is 4.14. The van der Waals surface area contributed by atoms with Crippen LogP contribution in [0.5, 0.6) is 0 Å². The van der Waals surface area contributed by atoms with Crippen LogP contribution in [0.25, 0.3) is 0 Å². The number of hydrogen-bond acceptors (Lipinski definition) is 3. The van der Waals surface area contributed by atoms with Gasteiger partial charge in [0.25, 0.3) is 0 Å². The second kappa shape index (κ2) is 5.93. The average Bonchev–Trinajstić information content (AvgIpc) is 2.43. The molecule has 4 N–H and O–H groups in total. The summed E-state index contributed by atoms with van der Waals surface area (Å²) in [5.41, 5.74) is 5.81. The van der Waals surface area contributed by atoms with E-state index in [-0.39, 0.29) is 17.8 Å². The molecule has 1 aliphatic rings. The molecule has 1 amide bonds. The molecule has 1 aliphatic carbocycles. The zero-order valence-electron chi connectivity index (χ0n) is 12.1. The quantitative estimate of drug-likeness (QED) is 0.346. The Morgan fingerprint density at radius 3 is 2.52 bits per heavy atom. The normalized spacial score (nSPS) is 26.8. The van der Waals surface area contributed by atoms with Gasteiger partial charge in [-0.05, 0) is 43.4 Å². The van der Waals surface area contributed by atoms with E-state index in [1.165, 1.54) is 0 Å². The summed E-state index contributed by atoms with van der Waals surface area (Å²) < 4.78 is 0. The zero-order valence-corrected chi connectivity index (χ0v) is 12.9. The van der Waals surface area contributed by atoms with Crippen LogP contribution in [0.1, 0.15) is 38.3 Å². The predicted octanol–water partition coefficient (Wildman–Crippen LogP) is 2.68. The summed E-state index contributed by atoms with van der Waals surface area (Å²) in [5, 5.41) is 15.6. The monoisotopic (exact) mass is 309 g/mol. The molecule has 0 bridgehead atoms. The van der Waals surface area contributed by atoms with Gasteiger partial charge in [0.1, 0.15) is 5.41 Å². The van der Waals surface area contributed by atoms with Crippen molar-refractivity contribution in [2.75, 3.05) is 0 Å². The zero-order chi connectivity index (χ0) is 15.6. The molecule has 2 rings (SSSR count). The molecular formula is C15H20ClN3O2. The fourth-order valence-electron chi connectivity index (χ4n) is 2.91. The van der Waals surface area contributed by atoms with Crippen LogP contribution in [0.15, 0.2) is 29.4 Å². The first kappa shape index (κ1) is 15.6. The first-order valence-electron chi connectivity index (χ1n) is 6.93. The van der Waals surface area contributed by atoms with Gasteiger partial charge in [-0.15, -0.1) is 0 Å². The molecule has 0 aliphatic heterocycles. The van der Waals surface area contributed by atoms with Crippen molar-refractivity contribution in [3.8, 4) is 0 Å². The van der Waals surface area contributed by atoms with E-state index in [2.05, 4.69) is 10.5 Å². The lowest BCUT2D eigenvalue weighted by Crippen LogP contribution is -2.57. The minimum atomic E-state index is -0.880. The summed E-state index contributed by atoms with van der Waals surface area (Å²) in [7, 11) is 0. The lowest BCUT2D eigenvalue weighted by atomic mass is 9.61. The van der Waals surface area contributed by atoms with Gasteiger partial charge in [-0.3, -0.25) is 4.79 Å². The third-order valence-corrected chi connectivity index (χ3v) is 4.40. The van der Waals surface area contributed by atoms with Gasteiger partial charge in [-0.25, -0.2) is 0 Å². The summed E-state index contributed by atoms with van der Waals surface area (Å²) in [6.07, 6.45) is 1.20. The number of nitrogens with zero attached hydrogens (tertiary/aromatic N) is 1. The fraction of sp³-hybridized carbons (Fsp3) is 0.467. The standard InChI is InChI=1S/C15H20ClN3O2/c1-9-7-15(8-9,13(17)19-21)14(20)18-10(2)11-3-5-12(16)6-4-11/h3-6,9-10,21H,7-8H2,1-2H3,(H2,17,19)(H,18,20). The number of amides is 1. The third kappa shape index (κ3) is 2.97. The molecule has 0 heterocycles. The van der Waals surface area contributed by atoms with Crippen molar-refractivity contribution >= 4 is 23.3 Å². The fourth-order valence-corrected chi connectivity index (χ4v) is 3.03. The molecule has 1 aromatic carbocycles. The highest BCUT2D eigenvalue weighted by molar-refractivity contribution is 6.30. The number of carbonyl (C=O) groups is 1. The molecule has 6 heteroatoms. The second-order valence-electron chi connectivity index (χ2n) is 5.83. The highest BCUT2D eigenvalue weighted by Gasteiger charge is 2.52. The average molecular weight is 310 g/mol. The Morgan fingerprint density at radius 1 is 1.48 bits per heavy atom. The van der Waals surface area contributed by atoms with Gasteiger partial charge in [0.15, 0.2) is 5.84 Å². The number of oxime groups is 1. The van der Waals surface area contributed by atoms with Gasteiger partial charge in [-0.2, -0.15) is 0 Å². The van der Waals surface area contributed by atoms with Crippen LogP contribution in [-0.2, 0) is 4.79 Å². The Morgan fingerprint density at radius 2 is 2.05 bits per heavy atom. The first-order valence-corrected chi connectivity index (χ1v) is 7.31. The van der Waals surface area contributed by atoms with Gasteiger partial charge in [-0.1, -0.05) is 35.8 Å². The molecule has 1 saturated carbocycles. The molecule has 21 heavy (non-hydrogen) atoms. The number of hydrogen-bond donors (Lipinski definition) is 3. The highest BCUT2D eigenvalue weighted by atomic mass is 35.5. The summed E-state index contributed by atoms with van der Waals surface area (Å²) in [5.74, 6) is 0.182. The van der Waals surface area contributed by atoms with Crippen LogP contribution in [0.2, 0.25) is 5.02 Å². The summed E-state index contributed by atoms with van der Waals surface area (Å²) >= 11 is 5.86. The Balaban J connectivity index is 2.11. The lowest BCUT2D eigenvalue weighted by Gasteiger charge is -2.44. The van der Waals surface area contributed by atoms with E-state index in [9.17, 15) is 4.79 Å². The number of halogens is 1. The maximum absolute atomic E-state index is 12.5. The Labute approximate surface area is 129 Å². The van der Waals surface area contributed by atoms with Crippen molar-refractivity contribution in [3.63, 3.8) is 0 Å². The summed E-state index contributed by atoms with van der Waals surface area (Å²) in [6.45, 7) is 3.93. The smallest absolute Gasteiger partial charge is 0.234 e. The topological polar surface area (TPSA) is 87.7 Å². The van der Waals surface area contributed by atoms with Crippen LogP contribution in [0.3, 0.4) is 0 Å². The van der Waals surface area contributed by atoms with E-state index >= 15 is 0 Å².